The summed E-state index contributed by atoms with van der Waals surface area (Å²) in [5.74, 6) is -1.20. The number of aliphatic hydroxyl groups excluding tert-OH is 1. The van der Waals surface area contributed by atoms with Crippen molar-refractivity contribution in [1.82, 2.24) is 14.9 Å². The molecule has 9 nitrogen and oxygen atoms in total. The van der Waals surface area contributed by atoms with E-state index in [9.17, 15) is 27.9 Å². The molecule has 4 aliphatic rings. The van der Waals surface area contributed by atoms with E-state index < -0.39 is 44.3 Å². The summed E-state index contributed by atoms with van der Waals surface area (Å²) in [7, 11) is -3.86. The smallest absolute Gasteiger partial charge is 0.259 e. The highest BCUT2D eigenvalue weighted by Crippen LogP contribution is 2.47. The van der Waals surface area contributed by atoms with Crippen LogP contribution in [0.3, 0.4) is 0 Å². The van der Waals surface area contributed by atoms with Gasteiger partial charge >= 0.3 is 0 Å². The molecule has 3 fully saturated rings. The molecule has 1 saturated heterocycles. The molecule has 0 aromatic carbocycles. The third-order valence-electron chi connectivity index (χ3n) is 8.02. The normalized spacial score (nSPS) is 39.1. The van der Waals surface area contributed by atoms with Crippen molar-refractivity contribution in [3.05, 3.63) is 12.2 Å². The zero-order valence-corrected chi connectivity index (χ0v) is 21.1. The first-order valence-electron chi connectivity index (χ1n) is 12.4. The molecule has 34 heavy (non-hydrogen) atoms. The van der Waals surface area contributed by atoms with Crippen LogP contribution >= 0.6 is 0 Å². The maximum absolute atomic E-state index is 13.3. The second-order valence-electron chi connectivity index (χ2n) is 11.3. The Morgan fingerprint density at radius 3 is 2.59 bits per heavy atom. The minimum Gasteiger partial charge on any atom is -0.391 e. The fourth-order valence-electron chi connectivity index (χ4n) is 5.35. The van der Waals surface area contributed by atoms with Crippen molar-refractivity contribution < 1.29 is 27.9 Å². The number of carbonyl (C=O) groups is 3. The van der Waals surface area contributed by atoms with E-state index >= 15 is 0 Å². The molecule has 0 aromatic heterocycles. The van der Waals surface area contributed by atoms with E-state index in [2.05, 4.69) is 17.0 Å². The van der Waals surface area contributed by atoms with E-state index in [1.54, 1.807) is 6.92 Å². The topological polar surface area (TPSA) is 133 Å². The number of allylic oxidation sites excluding steroid dienone is 1. The number of carbonyl (C=O) groups excluding carboxylic acids is 3. The van der Waals surface area contributed by atoms with E-state index in [-0.39, 0.29) is 30.7 Å². The van der Waals surface area contributed by atoms with Gasteiger partial charge in [-0.25, -0.2) is 8.42 Å². The van der Waals surface area contributed by atoms with Crippen LogP contribution in [-0.4, -0.2) is 65.1 Å². The molecule has 3 amide bonds. The molecule has 0 radical (unpaired) electrons. The first kappa shape index (κ1) is 25.2. The average Bonchev–Trinajstić information content (AvgIpc) is 3.61. The van der Waals surface area contributed by atoms with Gasteiger partial charge < -0.3 is 15.3 Å². The zero-order chi connectivity index (χ0) is 24.9. The number of aliphatic hydroxyl groups is 1. The van der Waals surface area contributed by atoms with Crippen LogP contribution in [0.15, 0.2) is 12.2 Å². The quantitative estimate of drug-likeness (QED) is 0.505. The number of hydrogen-bond acceptors (Lipinski definition) is 6. The van der Waals surface area contributed by atoms with E-state index in [4.69, 9.17) is 0 Å². The Hall–Kier alpha value is -1.94. The van der Waals surface area contributed by atoms with Crippen molar-refractivity contribution in [2.75, 3.05) is 6.54 Å². The van der Waals surface area contributed by atoms with E-state index in [0.717, 1.165) is 19.3 Å². The Morgan fingerprint density at radius 2 is 1.91 bits per heavy atom. The van der Waals surface area contributed by atoms with Crippen molar-refractivity contribution in [2.45, 2.75) is 94.6 Å². The van der Waals surface area contributed by atoms with Gasteiger partial charge in [-0.2, -0.15) is 0 Å². The lowest BCUT2D eigenvalue weighted by Gasteiger charge is -2.28. The van der Waals surface area contributed by atoms with E-state index in [1.165, 1.54) is 4.90 Å². The van der Waals surface area contributed by atoms with Gasteiger partial charge in [-0.15, -0.1) is 0 Å². The van der Waals surface area contributed by atoms with Crippen molar-refractivity contribution in [2.24, 2.45) is 17.8 Å². The van der Waals surface area contributed by atoms with E-state index in [1.807, 2.05) is 19.1 Å². The van der Waals surface area contributed by atoms with Crippen LogP contribution in [0, 0.1) is 17.8 Å². The molecule has 3 N–H and O–H groups in total. The maximum Gasteiger partial charge on any atom is 0.259 e. The predicted octanol–water partition coefficient (Wildman–Crippen LogP) is 1.22. The van der Waals surface area contributed by atoms with Crippen LogP contribution in [-0.2, 0) is 24.4 Å². The Morgan fingerprint density at radius 1 is 1.21 bits per heavy atom. The minimum atomic E-state index is -3.86. The van der Waals surface area contributed by atoms with Crippen LogP contribution in [0.1, 0.15) is 72.1 Å². The molecule has 10 heteroatoms. The number of nitrogens with zero attached hydrogens (tertiary/aromatic N) is 1. The number of amides is 3. The van der Waals surface area contributed by atoms with Crippen LogP contribution in [0.25, 0.3) is 0 Å². The molecule has 2 heterocycles. The monoisotopic (exact) mass is 495 g/mol. The number of rotatable bonds is 3. The lowest BCUT2D eigenvalue weighted by atomic mass is 9.91. The molecule has 2 saturated carbocycles. The fraction of sp³-hybridized carbons (Fsp3) is 0.792. The summed E-state index contributed by atoms with van der Waals surface area (Å²) in [6.45, 7) is 5.86. The summed E-state index contributed by atoms with van der Waals surface area (Å²) < 4.78 is 26.7. The maximum atomic E-state index is 13.3. The minimum absolute atomic E-state index is 0.0778. The van der Waals surface area contributed by atoms with Gasteiger partial charge in [-0.1, -0.05) is 26.0 Å². The third-order valence-corrected chi connectivity index (χ3v) is 10.2. The summed E-state index contributed by atoms with van der Waals surface area (Å²) in [5.41, 5.74) is -1.37. The average molecular weight is 496 g/mol. The van der Waals surface area contributed by atoms with Crippen LogP contribution < -0.4 is 10.0 Å². The summed E-state index contributed by atoms with van der Waals surface area (Å²) in [5, 5.41) is 13.0. The molecule has 6 atom stereocenters. The lowest BCUT2D eigenvalue weighted by Crippen LogP contribution is -2.57. The highest BCUT2D eigenvalue weighted by molar-refractivity contribution is 7.91. The number of fused-ring (bicyclic) bond motifs is 2. The highest BCUT2D eigenvalue weighted by atomic mass is 32.2. The largest absolute Gasteiger partial charge is 0.391 e. The molecular formula is C24H37N3O6S. The molecule has 0 aromatic rings. The predicted molar refractivity (Wildman–Crippen MR) is 126 cm³/mol. The molecule has 190 valence electrons. The van der Waals surface area contributed by atoms with Gasteiger partial charge in [-0.3, -0.25) is 19.1 Å². The summed E-state index contributed by atoms with van der Waals surface area (Å²) in [6, 6.07) is -0.885. The highest BCUT2D eigenvalue weighted by Gasteiger charge is 2.63. The lowest BCUT2D eigenvalue weighted by molar-refractivity contribution is -0.140. The Labute approximate surface area is 201 Å². The molecule has 2 unspecified atom stereocenters. The number of sulfonamides is 1. The zero-order valence-electron chi connectivity index (χ0n) is 20.2. The molecule has 0 spiro atoms. The van der Waals surface area contributed by atoms with Gasteiger partial charge in [0.25, 0.3) is 5.91 Å². The summed E-state index contributed by atoms with van der Waals surface area (Å²) in [6.07, 6.45) is 7.38. The van der Waals surface area contributed by atoms with Gasteiger partial charge in [0.1, 0.15) is 11.6 Å². The molecule has 0 bridgehead atoms. The van der Waals surface area contributed by atoms with Gasteiger partial charge in [0.05, 0.1) is 10.9 Å². The van der Waals surface area contributed by atoms with Crippen LogP contribution in [0.4, 0.5) is 0 Å². The van der Waals surface area contributed by atoms with Crippen LogP contribution in [0.5, 0.6) is 0 Å². The summed E-state index contributed by atoms with van der Waals surface area (Å²) >= 11 is 0. The molecular weight excluding hydrogens is 458 g/mol. The van der Waals surface area contributed by atoms with Crippen LogP contribution in [0.2, 0.25) is 0 Å². The fourth-order valence-corrected chi connectivity index (χ4v) is 6.66. The second kappa shape index (κ2) is 8.93. The Balaban J connectivity index is 1.59. The Kier molecular flexibility index (Phi) is 6.61. The first-order chi connectivity index (χ1) is 15.9. The van der Waals surface area contributed by atoms with E-state index in [0.29, 0.717) is 31.6 Å². The first-order valence-corrected chi connectivity index (χ1v) is 13.9. The van der Waals surface area contributed by atoms with Gasteiger partial charge in [0.2, 0.25) is 21.8 Å². The molecule has 2 aliphatic carbocycles. The van der Waals surface area contributed by atoms with Crippen molar-refractivity contribution >= 4 is 27.7 Å². The molecule has 2 aliphatic heterocycles. The van der Waals surface area contributed by atoms with Crippen molar-refractivity contribution in [1.29, 1.82) is 0 Å². The Bertz CT molecular complexity index is 991. The summed E-state index contributed by atoms with van der Waals surface area (Å²) in [4.78, 5) is 41.0. The second-order valence-corrected chi connectivity index (χ2v) is 13.5. The van der Waals surface area contributed by atoms with Crippen molar-refractivity contribution in [3.63, 3.8) is 0 Å². The third kappa shape index (κ3) is 4.89. The van der Waals surface area contributed by atoms with Crippen molar-refractivity contribution in [3.8, 4) is 0 Å². The number of hydrogen-bond donors (Lipinski definition) is 3. The standard InChI is InChI=1S/C24H37N3O6S/c1-15-6-4-5-7-17-13-24(17,22(31)26-34(32,33)23(3)8-9-23)25-21(30)19-12-18(28)14-27(19)20(29)11-16(2)10-15/h5,7,15-19,28H,4,6,8-14H2,1-3H3,(H,25,30)(H,26,31)/b7-5-/t15?,16-,17?,18-,19+,24-/m1/s1. The SMILES string of the molecule is CC1CC/C=C\C2C[C@@]2(C(=O)NS(=O)(=O)C2(C)CC2)NC(=O)[C@@H]2C[C@@H](O)CN2C(=O)C[C@H](C)C1. The van der Waals surface area contributed by atoms with Gasteiger partial charge in [0.15, 0.2) is 0 Å². The molecule has 4 rings (SSSR count). The number of nitrogens with one attached hydrogen (secondary N) is 2. The van der Waals surface area contributed by atoms with Gasteiger partial charge in [-0.05, 0) is 57.3 Å². The van der Waals surface area contributed by atoms with Gasteiger partial charge in [0, 0.05) is 25.3 Å².